The van der Waals surface area contributed by atoms with Gasteiger partial charge in [-0.1, -0.05) is 6.92 Å². The normalized spacial score (nSPS) is 16.2. The van der Waals surface area contributed by atoms with Gasteiger partial charge in [-0.3, -0.25) is 4.99 Å². The molecule has 0 spiro atoms. The van der Waals surface area contributed by atoms with Gasteiger partial charge in [0.1, 0.15) is 0 Å². The van der Waals surface area contributed by atoms with E-state index in [9.17, 15) is 4.79 Å². The average molecular weight is 241 g/mol. The molecule has 0 saturated heterocycles. The first kappa shape index (κ1) is 12.9. The fourth-order valence-electron chi connectivity index (χ4n) is 1.35. The lowest BCUT2D eigenvalue weighted by Crippen LogP contribution is -2.11. The summed E-state index contributed by atoms with van der Waals surface area (Å²) in [6.45, 7) is 3.38. The van der Waals surface area contributed by atoms with Crippen LogP contribution < -0.4 is 0 Å². The smallest absolute Gasteiger partial charge is 0.413 e. The van der Waals surface area contributed by atoms with Gasteiger partial charge in [0.2, 0.25) is 0 Å². The van der Waals surface area contributed by atoms with Crippen LogP contribution in [0, 0.1) is 5.92 Å². The molecule has 0 aliphatic carbocycles. The molecule has 0 N–H and O–H groups in total. The molecule has 16 heavy (non-hydrogen) atoms. The van der Waals surface area contributed by atoms with Gasteiger partial charge < -0.3 is 10.3 Å². The molecule has 1 aliphatic rings. The molecule has 0 aromatic rings. The lowest BCUT2D eigenvalue weighted by Gasteiger charge is -2.09. The van der Waals surface area contributed by atoms with Crippen LogP contribution in [0.3, 0.4) is 0 Å². The highest BCUT2D eigenvalue weighted by molar-refractivity contribution is 8.14. The topological polar surface area (TPSA) is 75.1 Å². The van der Waals surface area contributed by atoms with E-state index < -0.39 is 5.97 Å². The summed E-state index contributed by atoms with van der Waals surface area (Å²) in [6, 6.07) is 0. The minimum absolute atomic E-state index is 0.351. The highest BCUT2D eigenvalue weighted by Crippen LogP contribution is 2.20. The Labute approximate surface area is 98.9 Å². The fourth-order valence-corrected chi connectivity index (χ4v) is 2.35. The predicted octanol–water partition coefficient (Wildman–Crippen LogP) is 1.39. The highest BCUT2D eigenvalue weighted by atomic mass is 32.2. The second-order valence-corrected chi connectivity index (χ2v) is 4.80. The van der Waals surface area contributed by atoms with Crippen LogP contribution in [-0.4, -0.2) is 40.9 Å². The minimum Gasteiger partial charge on any atom is -0.457 e. The van der Waals surface area contributed by atoms with Crippen LogP contribution in [-0.2, 0) is 9.53 Å². The maximum absolute atomic E-state index is 10.8. The van der Waals surface area contributed by atoms with E-state index in [-0.39, 0.29) is 0 Å². The summed E-state index contributed by atoms with van der Waals surface area (Å²) < 4.78 is 4.82. The highest BCUT2D eigenvalue weighted by Gasteiger charge is 2.12. The Morgan fingerprint density at radius 2 is 2.62 bits per heavy atom. The quantitative estimate of drug-likeness (QED) is 0.305. The minimum atomic E-state index is -0.609. The fraction of sp³-hybridized carbons (Fsp3) is 0.700. The number of thioether (sulfide) groups is 1. The van der Waals surface area contributed by atoms with Crippen molar-refractivity contribution in [3.63, 3.8) is 0 Å². The Morgan fingerprint density at radius 3 is 3.25 bits per heavy atom. The molecule has 0 amide bonds. The summed E-state index contributed by atoms with van der Waals surface area (Å²) >= 11 is 1.81. The number of esters is 1. The standard InChI is InChI=1S/C10H15N3O2S/c1-8(6-9-12-3-5-16-9)2-4-15-10(14)7-13-11/h7-8H,2-6H2,1H3/t8-/m1/s1. The van der Waals surface area contributed by atoms with Gasteiger partial charge in [-0.2, -0.15) is 4.79 Å². The van der Waals surface area contributed by atoms with Crippen LogP contribution in [0.5, 0.6) is 0 Å². The first-order chi connectivity index (χ1) is 7.72. The zero-order valence-corrected chi connectivity index (χ0v) is 10.1. The van der Waals surface area contributed by atoms with Crippen molar-refractivity contribution in [1.29, 1.82) is 0 Å². The van der Waals surface area contributed by atoms with Crippen LogP contribution in [0.1, 0.15) is 19.8 Å². The number of rotatable bonds is 6. The van der Waals surface area contributed by atoms with Crippen molar-refractivity contribution in [1.82, 2.24) is 0 Å². The molecule has 88 valence electrons. The predicted molar refractivity (Wildman–Crippen MR) is 63.8 cm³/mol. The molecule has 0 saturated carbocycles. The molecular weight excluding hydrogens is 226 g/mol. The molecule has 6 heteroatoms. The summed E-state index contributed by atoms with van der Waals surface area (Å²) in [5, 5.41) is 1.20. The zero-order valence-electron chi connectivity index (χ0n) is 9.26. The third-order valence-corrected chi connectivity index (χ3v) is 3.21. The van der Waals surface area contributed by atoms with Gasteiger partial charge >= 0.3 is 12.2 Å². The van der Waals surface area contributed by atoms with Gasteiger partial charge in [0, 0.05) is 12.3 Å². The van der Waals surface area contributed by atoms with E-state index in [4.69, 9.17) is 10.3 Å². The van der Waals surface area contributed by atoms with Crippen molar-refractivity contribution in [3.05, 3.63) is 5.53 Å². The third kappa shape index (κ3) is 5.09. The van der Waals surface area contributed by atoms with Crippen LogP contribution in [0.15, 0.2) is 4.99 Å². The molecule has 0 fully saturated rings. The molecule has 1 aliphatic heterocycles. The van der Waals surface area contributed by atoms with Crippen molar-refractivity contribution >= 4 is 29.0 Å². The summed E-state index contributed by atoms with van der Waals surface area (Å²) in [5.41, 5.74) is 8.09. The van der Waals surface area contributed by atoms with E-state index in [1.54, 1.807) is 11.8 Å². The maximum atomic E-state index is 10.8. The molecule has 0 aromatic carbocycles. The summed E-state index contributed by atoms with van der Waals surface area (Å²) in [5.74, 6) is 0.926. The number of ether oxygens (including phenoxy) is 1. The second kappa shape index (κ2) is 7.19. The molecule has 5 nitrogen and oxygen atoms in total. The number of nitrogens with zero attached hydrogens (tertiary/aromatic N) is 3. The Balaban J connectivity index is 2.12. The van der Waals surface area contributed by atoms with Crippen LogP contribution >= 0.6 is 11.8 Å². The average Bonchev–Trinajstić information content (AvgIpc) is 2.70. The number of aliphatic imine (C=N–C) groups is 1. The van der Waals surface area contributed by atoms with Crippen LogP contribution in [0.2, 0.25) is 0 Å². The largest absolute Gasteiger partial charge is 0.457 e. The van der Waals surface area contributed by atoms with Crippen molar-refractivity contribution in [2.24, 2.45) is 10.9 Å². The van der Waals surface area contributed by atoms with E-state index >= 15 is 0 Å². The molecule has 0 aromatic heterocycles. The molecule has 0 radical (unpaired) electrons. The van der Waals surface area contributed by atoms with E-state index in [0.29, 0.717) is 12.5 Å². The van der Waals surface area contributed by atoms with Crippen molar-refractivity contribution in [2.75, 3.05) is 18.9 Å². The monoisotopic (exact) mass is 241 g/mol. The van der Waals surface area contributed by atoms with Gasteiger partial charge in [0.25, 0.3) is 0 Å². The van der Waals surface area contributed by atoms with Gasteiger partial charge in [-0.25, -0.2) is 4.79 Å². The molecule has 1 atom stereocenters. The number of carbonyl (C=O) groups excluding carboxylic acids is 1. The second-order valence-electron chi connectivity index (χ2n) is 3.63. The van der Waals surface area contributed by atoms with Crippen molar-refractivity contribution < 1.29 is 14.3 Å². The van der Waals surface area contributed by atoms with Gasteiger partial charge in [0.05, 0.1) is 11.7 Å². The van der Waals surface area contributed by atoms with Gasteiger partial charge in [-0.15, -0.1) is 11.8 Å². The Kier molecular flexibility index (Phi) is 5.82. The number of carbonyl (C=O) groups is 1. The van der Waals surface area contributed by atoms with Gasteiger partial charge in [-0.05, 0) is 18.8 Å². The van der Waals surface area contributed by atoms with Crippen LogP contribution in [0.25, 0.3) is 5.53 Å². The molecular formula is C10H15N3O2S. The van der Waals surface area contributed by atoms with Crippen molar-refractivity contribution in [2.45, 2.75) is 19.8 Å². The van der Waals surface area contributed by atoms with E-state index in [0.717, 1.165) is 31.4 Å². The lowest BCUT2D eigenvalue weighted by atomic mass is 10.1. The Hall–Kier alpha value is -1.13. The SMILES string of the molecule is C[C@H](CCOC(=O)C=[N+]=[N-])CC1=NCCS1. The first-order valence-corrected chi connectivity index (χ1v) is 6.21. The van der Waals surface area contributed by atoms with Crippen LogP contribution in [0.4, 0.5) is 0 Å². The molecule has 1 rings (SSSR count). The third-order valence-electron chi connectivity index (χ3n) is 2.19. The Morgan fingerprint density at radius 1 is 1.81 bits per heavy atom. The van der Waals surface area contributed by atoms with E-state index in [1.807, 2.05) is 0 Å². The van der Waals surface area contributed by atoms with Gasteiger partial charge in [0.15, 0.2) is 0 Å². The van der Waals surface area contributed by atoms with E-state index in [1.165, 1.54) is 5.04 Å². The lowest BCUT2D eigenvalue weighted by molar-refractivity contribution is -0.139. The number of hydrogen-bond acceptors (Lipinski definition) is 4. The maximum Gasteiger partial charge on any atom is 0.413 e. The first-order valence-electron chi connectivity index (χ1n) is 5.22. The molecule has 0 bridgehead atoms. The summed E-state index contributed by atoms with van der Waals surface area (Å²) in [6.07, 6.45) is 2.50. The molecule has 0 unspecified atom stereocenters. The van der Waals surface area contributed by atoms with E-state index in [2.05, 4.69) is 16.7 Å². The Bertz CT molecular complexity index is 324. The molecule has 1 heterocycles. The number of hydrogen-bond donors (Lipinski definition) is 0. The van der Waals surface area contributed by atoms with Crippen molar-refractivity contribution in [3.8, 4) is 0 Å². The summed E-state index contributed by atoms with van der Waals surface area (Å²) in [7, 11) is 0. The zero-order chi connectivity index (χ0) is 11.8. The summed E-state index contributed by atoms with van der Waals surface area (Å²) in [4.78, 5) is 17.8.